The standard InChI is InChI=1S/C13H18ClNO2/c1-10-8-12(2,13(14,16)15-10)17-9-11-6-4-3-5-7-11/h3-7,10,15-16H,8-9H2,1-2H3/t10?,12-,13?/m0/s1. The number of aliphatic hydroxyl groups is 1. The minimum Gasteiger partial charge on any atom is -0.365 e. The fourth-order valence-corrected chi connectivity index (χ4v) is 2.54. The molecule has 1 aliphatic rings. The largest absolute Gasteiger partial charge is 0.365 e. The van der Waals surface area contributed by atoms with Crippen LogP contribution in [0.25, 0.3) is 0 Å². The van der Waals surface area contributed by atoms with Crippen molar-refractivity contribution in [2.24, 2.45) is 0 Å². The molecule has 0 bridgehead atoms. The summed E-state index contributed by atoms with van der Waals surface area (Å²) in [5.74, 6) is 0. The maximum Gasteiger partial charge on any atom is 0.223 e. The zero-order valence-electron chi connectivity index (χ0n) is 10.1. The molecule has 1 fully saturated rings. The lowest BCUT2D eigenvalue weighted by Gasteiger charge is -2.33. The second kappa shape index (κ2) is 4.58. The molecule has 3 atom stereocenters. The third-order valence-corrected chi connectivity index (χ3v) is 3.74. The van der Waals surface area contributed by atoms with Crippen molar-refractivity contribution in [3.05, 3.63) is 35.9 Å². The Bertz CT molecular complexity index is 382. The Kier molecular flexibility index (Phi) is 3.46. The molecule has 1 heterocycles. The Morgan fingerprint density at radius 1 is 1.47 bits per heavy atom. The van der Waals surface area contributed by atoms with E-state index in [-0.39, 0.29) is 6.04 Å². The van der Waals surface area contributed by atoms with Gasteiger partial charge in [0.25, 0.3) is 0 Å². The van der Waals surface area contributed by atoms with E-state index < -0.39 is 10.8 Å². The topological polar surface area (TPSA) is 41.5 Å². The first-order valence-electron chi connectivity index (χ1n) is 5.80. The van der Waals surface area contributed by atoms with E-state index in [1.807, 2.05) is 44.2 Å². The number of alkyl halides is 1. The Morgan fingerprint density at radius 2 is 2.12 bits per heavy atom. The Balaban J connectivity index is 2.03. The molecule has 0 aromatic heterocycles. The number of hydrogen-bond donors (Lipinski definition) is 2. The summed E-state index contributed by atoms with van der Waals surface area (Å²) in [5, 5.41) is 11.5. The van der Waals surface area contributed by atoms with Gasteiger partial charge in [0.1, 0.15) is 5.60 Å². The molecule has 3 nitrogen and oxygen atoms in total. The Morgan fingerprint density at radius 3 is 2.65 bits per heavy atom. The Labute approximate surface area is 107 Å². The number of nitrogens with one attached hydrogen (secondary N) is 1. The molecule has 0 radical (unpaired) electrons. The molecule has 17 heavy (non-hydrogen) atoms. The SMILES string of the molecule is CC1C[C@](C)(OCc2ccccc2)C(O)(Cl)N1. The summed E-state index contributed by atoms with van der Waals surface area (Å²) in [4.78, 5) is 0. The van der Waals surface area contributed by atoms with Crippen LogP contribution in [-0.2, 0) is 11.3 Å². The van der Waals surface area contributed by atoms with Crippen LogP contribution in [-0.4, -0.2) is 21.9 Å². The third kappa shape index (κ3) is 2.63. The number of hydrogen-bond acceptors (Lipinski definition) is 3. The summed E-state index contributed by atoms with van der Waals surface area (Å²) >= 11 is 6.06. The quantitative estimate of drug-likeness (QED) is 0.643. The molecule has 1 aliphatic heterocycles. The minimum absolute atomic E-state index is 0.137. The van der Waals surface area contributed by atoms with Crippen LogP contribution in [0.15, 0.2) is 30.3 Å². The summed E-state index contributed by atoms with van der Waals surface area (Å²) in [5.41, 5.74) is 0.296. The molecule has 0 spiro atoms. The van der Waals surface area contributed by atoms with Crippen LogP contribution in [0.1, 0.15) is 25.8 Å². The fourth-order valence-electron chi connectivity index (χ4n) is 2.22. The van der Waals surface area contributed by atoms with E-state index >= 15 is 0 Å². The van der Waals surface area contributed by atoms with Gasteiger partial charge in [-0.1, -0.05) is 41.9 Å². The van der Waals surface area contributed by atoms with Gasteiger partial charge in [0.05, 0.1) is 6.61 Å². The second-order valence-corrected chi connectivity index (χ2v) is 5.42. The van der Waals surface area contributed by atoms with Crippen LogP contribution in [0.4, 0.5) is 0 Å². The molecule has 1 aromatic rings. The highest BCUT2D eigenvalue weighted by molar-refractivity contribution is 6.23. The summed E-state index contributed by atoms with van der Waals surface area (Å²) in [7, 11) is 0. The molecular formula is C13H18ClNO2. The van der Waals surface area contributed by atoms with Crippen LogP contribution in [0.5, 0.6) is 0 Å². The summed E-state index contributed by atoms with van der Waals surface area (Å²) in [6.45, 7) is 4.25. The molecule has 0 saturated carbocycles. The highest BCUT2D eigenvalue weighted by Gasteiger charge is 2.53. The maximum atomic E-state index is 10.1. The second-order valence-electron chi connectivity index (χ2n) is 4.88. The van der Waals surface area contributed by atoms with Gasteiger partial charge in [-0.2, -0.15) is 0 Å². The van der Waals surface area contributed by atoms with E-state index in [0.29, 0.717) is 13.0 Å². The number of ether oxygens (including phenoxy) is 1. The van der Waals surface area contributed by atoms with Crippen LogP contribution in [0.2, 0.25) is 0 Å². The monoisotopic (exact) mass is 255 g/mol. The van der Waals surface area contributed by atoms with Gasteiger partial charge in [-0.15, -0.1) is 0 Å². The summed E-state index contributed by atoms with van der Waals surface area (Å²) in [6, 6.07) is 10.00. The van der Waals surface area contributed by atoms with Gasteiger partial charge in [0, 0.05) is 6.04 Å². The van der Waals surface area contributed by atoms with E-state index in [1.165, 1.54) is 0 Å². The minimum atomic E-state index is -1.50. The van der Waals surface area contributed by atoms with Gasteiger partial charge < -0.3 is 9.84 Å². The van der Waals surface area contributed by atoms with Crippen molar-refractivity contribution >= 4 is 11.6 Å². The fraction of sp³-hybridized carbons (Fsp3) is 0.538. The molecular weight excluding hydrogens is 238 g/mol. The molecule has 94 valence electrons. The smallest absolute Gasteiger partial charge is 0.223 e. The van der Waals surface area contributed by atoms with Gasteiger partial charge >= 0.3 is 0 Å². The molecule has 2 N–H and O–H groups in total. The lowest BCUT2D eigenvalue weighted by molar-refractivity contribution is -0.130. The molecule has 2 rings (SSSR count). The molecule has 4 heteroatoms. The van der Waals surface area contributed by atoms with E-state index in [9.17, 15) is 5.11 Å². The van der Waals surface area contributed by atoms with E-state index in [2.05, 4.69) is 5.32 Å². The van der Waals surface area contributed by atoms with Crippen LogP contribution >= 0.6 is 11.6 Å². The Hall–Kier alpha value is -0.610. The first-order chi connectivity index (χ1) is 7.93. The average molecular weight is 256 g/mol. The van der Waals surface area contributed by atoms with Crippen molar-refractivity contribution in [1.82, 2.24) is 5.32 Å². The average Bonchev–Trinajstić information content (AvgIpc) is 2.46. The number of benzene rings is 1. The van der Waals surface area contributed by atoms with Crippen LogP contribution in [0, 0.1) is 0 Å². The number of rotatable bonds is 3. The first-order valence-corrected chi connectivity index (χ1v) is 6.18. The van der Waals surface area contributed by atoms with Gasteiger partial charge in [0.15, 0.2) is 0 Å². The van der Waals surface area contributed by atoms with Gasteiger partial charge in [0.2, 0.25) is 5.18 Å². The maximum absolute atomic E-state index is 10.1. The van der Waals surface area contributed by atoms with Gasteiger partial charge in [-0.3, -0.25) is 5.32 Å². The van der Waals surface area contributed by atoms with Crippen molar-refractivity contribution in [3.8, 4) is 0 Å². The zero-order valence-corrected chi connectivity index (χ0v) is 10.9. The highest BCUT2D eigenvalue weighted by atomic mass is 35.5. The van der Waals surface area contributed by atoms with E-state index in [1.54, 1.807) is 0 Å². The zero-order chi connectivity index (χ0) is 12.5. The molecule has 1 aromatic carbocycles. The van der Waals surface area contributed by atoms with E-state index in [4.69, 9.17) is 16.3 Å². The number of halogens is 1. The lowest BCUT2D eigenvalue weighted by atomic mass is 10.0. The lowest BCUT2D eigenvalue weighted by Crippen LogP contribution is -2.52. The van der Waals surface area contributed by atoms with Crippen LogP contribution in [0.3, 0.4) is 0 Å². The third-order valence-electron chi connectivity index (χ3n) is 3.23. The van der Waals surface area contributed by atoms with Crippen molar-refractivity contribution < 1.29 is 9.84 Å². The first kappa shape index (κ1) is 12.8. The van der Waals surface area contributed by atoms with Crippen LogP contribution < -0.4 is 5.32 Å². The van der Waals surface area contributed by atoms with Crippen molar-refractivity contribution in [3.63, 3.8) is 0 Å². The molecule has 0 amide bonds. The summed E-state index contributed by atoms with van der Waals surface area (Å²) < 4.78 is 5.82. The highest BCUT2D eigenvalue weighted by Crippen LogP contribution is 2.39. The predicted molar refractivity (Wildman–Crippen MR) is 67.7 cm³/mol. The normalized spacial score (nSPS) is 37.3. The predicted octanol–water partition coefficient (Wildman–Crippen LogP) is 2.23. The molecule has 0 aliphatic carbocycles. The molecule has 1 saturated heterocycles. The van der Waals surface area contributed by atoms with Gasteiger partial charge in [-0.25, -0.2) is 0 Å². The van der Waals surface area contributed by atoms with Crippen molar-refractivity contribution in [2.75, 3.05) is 0 Å². The summed E-state index contributed by atoms with van der Waals surface area (Å²) in [6.07, 6.45) is 0.680. The van der Waals surface area contributed by atoms with Crippen molar-refractivity contribution in [1.29, 1.82) is 0 Å². The van der Waals surface area contributed by atoms with Crippen molar-refractivity contribution in [2.45, 2.75) is 43.7 Å². The molecule has 2 unspecified atom stereocenters. The van der Waals surface area contributed by atoms with Gasteiger partial charge in [-0.05, 0) is 25.8 Å². The van der Waals surface area contributed by atoms with E-state index in [0.717, 1.165) is 5.56 Å².